The molecule has 5 nitrogen and oxygen atoms in total. The van der Waals surface area contributed by atoms with E-state index in [0.29, 0.717) is 0 Å². The first-order valence-electron chi connectivity index (χ1n) is 5.02. The number of pyridine rings is 1. The first-order valence-corrected chi connectivity index (χ1v) is 5.81. The second-order valence-corrected chi connectivity index (χ2v) is 4.29. The zero-order chi connectivity index (χ0) is 14.9. The smallest absolute Gasteiger partial charge is 0.287 e. The van der Waals surface area contributed by atoms with Crippen LogP contribution in [0.2, 0.25) is 0 Å². The third-order valence-electron chi connectivity index (χ3n) is 2.20. The first kappa shape index (κ1) is 14.3. The van der Waals surface area contributed by atoms with Gasteiger partial charge in [-0.15, -0.1) is 0 Å². The third-order valence-corrected chi connectivity index (χ3v) is 3.00. The van der Waals surface area contributed by atoms with Gasteiger partial charge in [-0.2, -0.15) is 9.37 Å². The highest BCUT2D eigenvalue weighted by Gasteiger charge is 2.19. The molecule has 0 aliphatic carbocycles. The number of ether oxygens (including phenoxy) is 1. The highest BCUT2D eigenvalue weighted by atomic mass is 79.9. The van der Waals surface area contributed by atoms with E-state index in [1.165, 1.54) is 18.2 Å². The Morgan fingerprint density at radius 2 is 1.95 bits per heavy atom. The Bertz CT molecular complexity index is 697. The molecule has 0 saturated heterocycles. The van der Waals surface area contributed by atoms with Crippen LogP contribution in [0.4, 0.5) is 18.9 Å². The fourth-order valence-electron chi connectivity index (χ4n) is 1.32. The Morgan fingerprint density at radius 3 is 2.60 bits per heavy atom. The van der Waals surface area contributed by atoms with E-state index in [1.807, 2.05) is 0 Å². The molecule has 0 fully saturated rings. The van der Waals surface area contributed by atoms with Gasteiger partial charge in [0.2, 0.25) is 0 Å². The Labute approximate surface area is 118 Å². The van der Waals surface area contributed by atoms with Gasteiger partial charge in [-0.05, 0) is 22.0 Å². The average molecular weight is 349 g/mol. The molecule has 0 spiro atoms. The molecule has 0 unspecified atom stereocenters. The predicted octanol–water partition coefficient (Wildman–Crippen LogP) is 3.96. The first-order chi connectivity index (χ1) is 9.40. The number of rotatable bonds is 3. The summed E-state index contributed by atoms with van der Waals surface area (Å²) in [5, 5.41) is 10.7. The van der Waals surface area contributed by atoms with Crippen LogP contribution in [-0.2, 0) is 0 Å². The molecule has 0 aliphatic heterocycles. The van der Waals surface area contributed by atoms with Gasteiger partial charge in [0.15, 0.2) is 17.4 Å². The van der Waals surface area contributed by atoms with E-state index in [9.17, 15) is 23.3 Å². The minimum Gasteiger partial charge on any atom is -0.435 e. The van der Waals surface area contributed by atoms with Crippen LogP contribution in [0.1, 0.15) is 0 Å². The van der Waals surface area contributed by atoms with Crippen LogP contribution in [0.3, 0.4) is 0 Å². The van der Waals surface area contributed by atoms with E-state index >= 15 is 0 Å². The van der Waals surface area contributed by atoms with Crippen molar-refractivity contribution in [1.82, 2.24) is 4.98 Å². The molecule has 0 radical (unpaired) electrons. The second-order valence-electron chi connectivity index (χ2n) is 3.50. The Balaban J connectivity index is 2.43. The van der Waals surface area contributed by atoms with Crippen molar-refractivity contribution < 1.29 is 22.8 Å². The van der Waals surface area contributed by atoms with Crippen LogP contribution in [0.5, 0.6) is 11.6 Å². The van der Waals surface area contributed by atoms with Crippen molar-refractivity contribution in [2.45, 2.75) is 0 Å². The Morgan fingerprint density at radius 1 is 1.25 bits per heavy atom. The van der Waals surface area contributed by atoms with Gasteiger partial charge in [0.1, 0.15) is 4.47 Å². The number of aromatic nitrogens is 1. The average Bonchev–Trinajstić information content (AvgIpc) is 2.37. The van der Waals surface area contributed by atoms with Crippen molar-refractivity contribution >= 4 is 21.6 Å². The largest absolute Gasteiger partial charge is 0.435 e. The van der Waals surface area contributed by atoms with Gasteiger partial charge in [-0.1, -0.05) is 6.07 Å². The zero-order valence-corrected chi connectivity index (χ0v) is 11.0. The molecule has 0 N–H and O–H groups in total. The van der Waals surface area contributed by atoms with Crippen molar-refractivity contribution in [3.05, 3.63) is 56.4 Å². The molecule has 0 bridgehead atoms. The zero-order valence-electron chi connectivity index (χ0n) is 9.44. The quantitative estimate of drug-likeness (QED) is 0.478. The van der Waals surface area contributed by atoms with Crippen LogP contribution in [-0.4, -0.2) is 9.91 Å². The van der Waals surface area contributed by atoms with Crippen LogP contribution in [0.25, 0.3) is 0 Å². The molecule has 9 heteroatoms. The van der Waals surface area contributed by atoms with Gasteiger partial charge in [0.25, 0.3) is 17.5 Å². The molecule has 1 aromatic heterocycles. The van der Waals surface area contributed by atoms with Crippen molar-refractivity contribution in [1.29, 1.82) is 0 Å². The van der Waals surface area contributed by atoms with E-state index in [4.69, 9.17) is 4.74 Å². The summed E-state index contributed by atoms with van der Waals surface area (Å²) < 4.78 is 43.8. The molecular formula is C11H4BrF3N2O3. The molecule has 2 aromatic rings. The molecule has 1 heterocycles. The molecule has 2 rings (SSSR count). The van der Waals surface area contributed by atoms with Gasteiger partial charge in [-0.25, -0.2) is 8.78 Å². The highest BCUT2D eigenvalue weighted by molar-refractivity contribution is 9.10. The number of benzene rings is 1. The van der Waals surface area contributed by atoms with Crippen LogP contribution in [0.15, 0.2) is 28.7 Å². The van der Waals surface area contributed by atoms with Gasteiger partial charge >= 0.3 is 0 Å². The van der Waals surface area contributed by atoms with E-state index in [-0.39, 0.29) is 22.0 Å². The summed E-state index contributed by atoms with van der Waals surface area (Å²) in [5.41, 5.74) is -0.328. The summed E-state index contributed by atoms with van der Waals surface area (Å²) >= 11 is 2.91. The summed E-state index contributed by atoms with van der Waals surface area (Å²) in [7, 11) is 0. The number of hydrogen-bond donors (Lipinski definition) is 0. The standard InChI is InChI=1S/C11H4BrF3N2O3/c12-9-7(17(18)19)2-1-3-8(9)20-11-6(14)4-5(13)10(15)16-11/h1-4H. The minimum absolute atomic E-state index is 0.0732. The number of halogens is 4. The maximum atomic E-state index is 13.4. The topological polar surface area (TPSA) is 65.3 Å². The molecular weight excluding hydrogens is 345 g/mol. The van der Waals surface area contributed by atoms with E-state index < -0.39 is 28.4 Å². The van der Waals surface area contributed by atoms with Gasteiger partial charge in [0, 0.05) is 12.1 Å². The second kappa shape index (κ2) is 5.45. The summed E-state index contributed by atoms with van der Waals surface area (Å²) in [6.45, 7) is 0. The lowest BCUT2D eigenvalue weighted by Crippen LogP contribution is -1.99. The van der Waals surface area contributed by atoms with Crippen LogP contribution < -0.4 is 4.74 Å². The maximum Gasteiger partial charge on any atom is 0.287 e. The van der Waals surface area contributed by atoms with Crippen LogP contribution in [0, 0.1) is 27.7 Å². The summed E-state index contributed by atoms with van der Waals surface area (Å²) in [6.07, 6.45) is 0. The van der Waals surface area contributed by atoms with E-state index in [2.05, 4.69) is 20.9 Å². The fraction of sp³-hybridized carbons (Fsp3) is 0. The van der Waals surface area contributed by atoms with Gasteiger partial charge in [-0.3, -0.25) is 10.1 Å². The van der Waals surface area contributed by atoms with Crippen molar-refractivity contribution in [3.63, 3.8) is 0 Å². The number of nitro groups is 1. The number of nitrogens with zero attached hydrogens (tertiary/aromatic N) is 2. The number of hydrogen-bond acceptors (Lipinski definition) is 4. The number of nitro benzene ring substituents is 1. The summed E-state index contributed by atoms with van der Waals surface area (Å²) in [4.78, 5) is 13.0. The van der Waals surface area contributed by atoms with Crippen LogP contribution >= 0.6 is 15.9 Å². The molecule has 1 aromatic carbocycles. The van der Waals surface area contributed by atoms with Gasteiger partial charge in [0.05, 0.1) is 4.92 Å². The lowest BCUT2D eigenvalue weighted by atomic mass is 10.3. The Kier molecular flexibility index (Phi) is 3.89. The van der Waals surface area contributed by atoms with Crippen molar-refractivity contribution in [2.24, 2.45) is 0 Å². The molecule has 104 valence electrons. The highest BCUT2D eigenvalue weighted by Crippen LogP contribution is 2.36. The molecule has 0 aliphatic rings. The van der Waals surface area contributed by atoms with E-state index in [1.54, 1.807) is 0 Å². The van der Waals surface area contributed by atoms with E-state index in [0.717, 1.165) is 0 Å². The molecule has 0 amide bonds. The SMILES string of the molecule is O=[N+]([O-])c1cccc(Oc2nc(F)c(F)cc2F)c1Br. The molecule has 0 atom stereocenters. The predicted molar refractivity (Wildman–Crippen MR) is 65.0 cm³/mol. The summed E-state index contributed by atoms with van der Waals surface area (Å²) in [5.74, 6) is -5.22. The monoisotopic (exact) mass is 348 g/mol. The van der Waals surface area contributed by atoms with Crippen molar-refractivity contribution in [2.75, 3.05) is 0 Å². The normalized spacial score (nSPS) is 10.4. The molecule has 0 saturated carbocycles. The summed E-state index contributed by atoms with van der Waals surface area (Å²) in [6, 6.07) is 4.02. The van der Waals surface area contributed by atoms with Crippen molar-refractivity contribution in [3.8, 4) is 11.6 Å². The fourth-order valence-corrected chi connectivity index (χ4v) is 1.81. The maximum absolute atomic E-state index is 13.4. The van der Waals surface area contributed by atoms with Gasteiger partial charge < -0.3 is 4.74 Å². The molecule has 20 heavy (non-hydrogen) atoms. The minimum atomic E-state index is -1.54. The lowest BCUT2D eigenvalue weighted by Gasteiger charge is -2.07. The lowest BCUT2D eigenvalue weighted by molar-refractivity contribution is -0.385. The third kappa shape index (κ3) is 2.72. The Hall–Kier alpha value is -2.16.